The Labute approximate surface area is 226 Å². The fourth-order valence-electron chi connectivity index (χ4n) is 3.92. The van der Waals surface area contributed by atoms with Crippen molar-refractivity contribution in [1.29, 1.82) is 0 Å². The molecule has 3 aromatic rings. The monoisotopic (exact) mass is 569 g/mol. The zero-order chi connectivity index (χ0) is 26.7. The van der Waals surface area contributed by atoms with Crippen molar-refractivity contribution in [3.05, 3.63) is 38.7 Å². The number of oxime groups is 1. The number of rotatable bonds is 8. The lowest BCUT2D eigenvalue weighted by molar-refractivity contribution is 0.0606. The minimum absolute atomic E-state index is 0.164. The number of amides is 1. The molecule has 37 heavy (non-hydrogen) atoms. The van der Waals surface area contributed by atoms with Crippen molar-refractivity contribution < 1.29 is 23.9 Å². The molecular weight excluding hydrogens is 545 g/mol. The lowest BCUT2D eigenvalue weighted by Gasteiger charge is -2.32. The number of halogens is 2. The number of hydrogen-bond donors (Lipinski definition) is 2. The number of thiazole rings is 1. The second-order valence-electron chi connectivity index (χ2n) is 8.06. The zero-order valence-corrected chi connectivity index (χ0v) is 22.8. The van der Waals surface area contributed by atoms with Crippen LogP contribution in [-0.2, 0) is 21.0 Å². The number of H-pyrrole nitrogens is 1. The van der Waals surface area contributed by atoms with Gasteiger partial charge in [0.2, 0.25) is 0 Å². The van der Waals surface area contributed by atoms with Gasteiger partial charge in [0.15, 0.2) is 11.0 Å². The number of hydrogen-bond acceptors (Lipinski definition) is 10. The van der Waals surface area contributed by atoms with Gasteiger partial charge in [-0.25, -0.2) is 14.8 Å². The molecule has 198 valence electrons. The molecule has 1 amide bonds. The minimum Gasteiger partial charge on any atom is -0.465 e. The van der Waals surface area contributed by atoms with Gasteiger partial charge in [0.1, 0.15) is 30.1 Å². The first-order chi connectivity index (χ1) is 17.8. The van der Waals surface area contributed by atoms with Crippen molar-refractivity contribution in [1.82, 2.24) is 24.8 Å². The van der Waals surface area contributed by atoms with Crippen LogP contribution in [0.3, 0.4) is 0 Å². The van der Waals surface area contributed by atoms with E-state index in [4.69, 9.17) is 42.5 Å². The average molecular weight is 570 g/mol. The molecule has 2 N–H and O–H groups in total. The van der Waals surface area contributed by atoms with Crippen LogP contribution in [0, 0.1) is 6.92 Å². The highest BCUT2D eigenvalue weighted by molar-refractivity contribution is 7.18. The van der Waals surface area contributed by atoms with Gasteiger partial charge in [-0.05, 0) is 13.3 Å². The third kappa shape index (κ3) is 5.44. The van der Waals surface area contributed by atoms with Crippen LogP contribution in [0.5, 0.6) is 0 Å². The van der Waals surface area contributed by atoms with Gasteiger partial charge in [0.05, 0.1) is 35.5 Å². The smallest absolute Gasteiger partial charge is 0.350 e. The summed E-state index contributed by atoms with van der Waals surface area (Å²) >= 11 is 13.5. The van der Waals surface area contributed by atoms with Crippen LogP contribution in [0.2, 0.25) is 10.0 Å². The predicted molar refractivity (Wildman–Crippen MR) is 140 cm³/mol. The maximum absolute atomic E-state index is 12.9. The van der Waals surface area contributed by atoms with Crippen LogP contribution in [0.15, 0.2) is 17.5 Å². The molecule has 0 spiro atoms. The highest BCUT2D eigenvalue weighted by Crippen LogP contribution is 2.34. The number of ether oxygens (including phenoxy) is 2. The minimum atomic E-state index is -0.518. The Morgan fingerprint density at radius 3 is 2.73 bits per heavy atom. The SMILES string of the molecule is COCn1ccnc1-c1nc(N2CCC(NC(=O)c3[nH]c(C)c(Cl)c3Cl)/C(=N/OC)C2)sc1C(=O)OC. The van der Waals surface area contributed by atoms with Gasteiger partial charge < -0.3 is 34.1 Å². The molecule has 1 fully saturated rings. The van der Waals surface area contributed by atoms with Crippen LogP contribution >= 0.6 is 34.5 Å². The van der Waals surface area contributed by atoms with Crippen molar-refractivity contribution in [3.8, 4) is 11.5 Å². The largest absolute Gasteiger partial charge is 0.465 e. The fraction of sp³-hybridized carbons (Fsp3) is 0.409. The third-order valence-electron chi connectivity index (χ3n) is 5.69. The van der Waals surface area contributed by atoms with Gasteiger partial charge in [0.25, 0.3) is 5.91 Å². The Hall–Kier alpha value is -3.13. The lowest BCUT2D eigenvalue weighted by Crippen LogP contribution is -2.52. The molecule has 0 aromatic carbocycles. The molecule has 1 saturated heterocycles. The predicted octanol–water partition coefficient (Wildman–Crippen LogP) is 3.35. The number of aromatic nitrogens is 4. The molecule has 15 heteroatoms. The van der Waals surface area contributed by atoms with Crippen molar-refractivity contribution in [2.24, 2.45) is 5.16 Å². The molecule has 0 bridgehead atoms. The van der Waals surface area contributed by atoms with E-state index >= 15 is 0 Å². The molecule has 0 radical (unpaired) electrons. The van der Waals surface area contributed by atoms with Crippen LogP contribution in [0.25, 0.3) is 11.5 Å². The van der Waals surface area contributed by atoms with Crippen LogP contribution in [-0.4, -0.2) is 77.6 Å². The third-order valence-corrected chi connectivity index (χ3v) is 7.73. The van der Waals surface area contributed by atoms with Crippen molar-refractivity contribution >= 4 is 57.3 Å². The van der Waals surface area contributed by atoms with E-state index < -0.39 is 17.9 Å². The van der Waals surface area contributed by atoms with E-state index in [1.807, 2.05) is 4.90 Å². The quantitative estimate of drug-likeness (QED) is 0.311. The van der Waals surface area contributed by atoms with E-state index in [2.05, 4.69) is 20.4 Å². The number of carbonyl (C=O) groups is 2. The summed E-state index contributed by atoms with van der Waals surface area (Å²) in [5.41, 5.74) is 1.75. The summed E-state index contributed by atoms with van der Waals surface area (Å²) in [5, 5.41) is 8.13. The number of methoxy groups -OCH3 is 2. The summed E-state index contributed by atoms with van der Waals surface area (Å²) < 4.78 is 11.9. The molecule has 4 rings (SSSR count). The second-order valence-corrected chi connectivity index (χ2v) is 9.79. The highest BCUT2D eigenvalue weighted by Gasteiger charge is 2.32. The van der Waals surface area contributed by atoms with Gasteiger partial charge >= 0.3 is 5.97 Å². The standard InChI is InChI=1S/C22H25Cl2N7O5S/c1-11-14(23)15(24)16(26-11)20(32)27-12-5-7-30(9-13(12)29-36-4)22-28-17(18(37-22)21(33)35-3)19-25-6-8-31(19)10-34-2/h6,8,12,26H,5,7,9-10H2,1-4H3,(H,27,32)/b29-13+. The number of nitrogens with zero attached hydrogens (tertiary/aromatic N) is 5. The Bertz CT molecular complexity index is 1330. The van der Waals surface area contributed by atoms with E-state index in [0.717, 1.165) is 0 Å². The number of esters is 1. The van der Waals surface area contributed by atoms with Crippen LogP contribution < -0.4 is 10.2 Å². The number of nitrogens with one attached hydrogen (secondary N) is 2. The van der Waals surface area contributed by atoms with Gasteiger partial charge in [-0.1, -0.05) is 39.7 Å². The fourth-order valence-corrected chi connectivity index (χ4v) is 5.34. The highest BCUT2D eigenvalue weighted by atomic mass is 35.5. The number of carbonyl (C=O) groups excluding carboxylic acids is 2. The normalized spacial score (nSPS) is 16.8. The number of anilines is 1. The van der Waals surface area contributed by atoms with Crippen LogP contribution in [0.1, 0.15) is 32.3 Å². The summed E-state index contributed by atoms with van der Waals surface area (Å²) in [6.45, 7) is 2.80. The molecule has 12 nitrogen and oxygen atoms in total. The lowest BCUT2D eigenvalue weighted by atomic mass is 10.0. The van der Waals surface area contributed by atoms with Gasteiger partial charge in [0, 0.05) is 31.7 Å². The van der Waals surface area contributed by atoms with Crippen molar-refractivity contribution in [3.63, 3.8) is 0 Å². The maximum Gasteiger partial charge on any atom is 0.350 e. The second kappa shape index (κ2) is 11.5. The van der Waals surface area contributed by atoms with Gasteiger partial charge in [-0.15, -0.1) is 0 Å². The summed E-state index contributed by atoms with van der Waals surface area (Å²) in [4.78, 5) is 44.8. The number of aryl methyl sites for hydroxylation is 1. The molecule has 1 atom stereocenters. The first kappa shape index (κ1) is 26.9. The van der Waals surface area contributed by atoms with Gasteiger partial charge in [-0.3, -0.25) is 4.79 Å². The molecule has 1 unspecified atom stereocenters. The van der Waals surface area contributed by atoms with Crippen molar-refractivity contribution in [2.75, 3.05) is 39.3 Å². The first-order valence-electron chi connectivity index (χ1n) is 11.1. The Morgan fingerprint density at radius 2 is 2.08 bits per heavy atom. The van der Waals surface area contributed by atoms with E-state index in [0.29, 0.717) is 57.5 Å². The summed E-state index contributed by atoms with van der Waals surface area (Å²) in [5.74, 6) is -0.443. The zero-order valence-electron chi connectivity index (χ0n) is 20.5. The number of piperidine rings is 1. The van der Waals surface area contributed by atoms with E-state index in [1.54, 1.807) is 31.0 Å². The van der Waals surface area contributed by atoms with E-state index in [-0.39, 0.29) is 17.4 Å². The number of aromatic amines is 1. The van der Waals surface area contributed by atoms with E-state index in [9.17, 15) is 9.59 Å². The molecule has 0 saturated carbocycles. The Kier molecular flexibility index (Phi) is 8.37. The summed E-state index contributed by atoms with van der Waals surface area (Å²) in [7, 11) is 4.31. The molecule has 3 aromatic heterocycles. The summed E-state index contributed by atoms with van der Waals surface area (Å²) in [6.07, 6.45) is 3.85. The number of imidazole rings is 1. The van der Waals surface area contributed by atoms with Gasteiger partial charge in [-0.2, -0.15) is 0 Å². The summed E-state index contributed by atoms with van der Waals surface area (Å²) in [6, 6.07) is -0.415. The van der Waals surface area contributed by atoms with Crippen molar-refractivity contribution in [2.45, 2.75) is 26.1 Å². The van der Waals surface area contributed by atoms with Crippen LogP contribution in [0.4, 0.5) is 5.13 Å². The molecule has 4 heterocycles. The molecule has 1 aliphatic rings. The topological polar surface area (TPSA) is 136 Å². The maximum atomic E-state index is 12.9. The average Bonchev–Trinajstić information content (AvgIpc) is 3.59. The Morgan fingerprint density at radius 1 is 1.30 bits per heavy atom. The molecular formula is C22H25Cl2N7O5S. The van der Waals surface area contributed by atoms with E-state index in [1.165, 1.54) is 25.6 Å². The first-order valence-corrected chi connectivity index (χ1v) is 12.6. The molecule has 1 aliphatic heterocycles. The Balaban J connectivity index is 1.58. The molecule has 0 aliphatic carbocycles.